The van der Waals surface area contributed by atoms with E-state index in [9.17, 15) is 0 Å². The molecule has 0 amide bonds. The molecular weight excluding hydrogens is 194 g/mol. The van der Waals surface area contributed by atoms with Crippen molar-refractivity contribution in [2.75, 3.05) is 26.8 Å². The van der Waals surface area contributed by atoms with Gasteiger partial charge in [0.05, 0.1) is 0 Å². The van der Waals surface area contributed by atoms with Crippen LogP contribution in [0.2, 0.25) is 6.55 Å². The van der Waals surface area contributed by atoms with E-state index < -0.39 is 9.28 Å². The van der Waals surface area contributed by atoms with E-state index in [1.165, 1.54) is 12.8 Å². The quantitative estimate of drug-likeness (QED) is 0.526. The summed E-state index contributed by atoms with van der Waals surface area (Å²) in [5, 5.41) is 3.07. The minimum Gasteiger partial charge on any atom is -0.397 e. The zero-order valence-electron chi connectivity index (χ0n) is 10.4. The van der Waals surface area contributed by atoms with E-state index in [0.29, 0.717) is 0 Å². The van der Waals surface area contributed by atoms with Crippen molar-refractivity contribution in [2.24, 2.45) is 0 Å². The van der Waals surface area contributed by atoms with Crippen LogP contribution in [0, 0.1) is 0 Å². The van der Waals surface area contributed by atoms with Crippen molar-refractivity contribution < 1.29 is 8.85 Å². The summed E-state index contributed by atoms with van der Waals surface area (Å²) >= 11 is 0. The molecule has 0 unspecified atom stereocenters. The van der Waals surface area contributed by atoms with Crippen LogP contribution in [0.4, 0.5) is 0 Å². The maximum atomic E-state index is 5.20. The molecule has 14 heavy (non-hydrogen) atoms. The second-order valence-electron chi connectivity index (χ2n) is 2.94. The highest BCUT2D eigenvalue weighted by atomic mass is 28.3. The molecule has 0 aromatic heterocycles. The predicted molar refractivity (Wildman–Crippen MR) is 65.1 cm³/mol. The third-order valence-corrected chi connectivity index (χ3v) is 3.19. The van der Waals surface area contributed by atoms with E-state index in [2.05, 4.69) is 12.2 Å². The number of unbranched alkanes of at least 4 members (excludes halogenated alkanes) is 1. The molecule has 0 heterocycles. The molecule has 0 aliphatic rings. The molecule has 0 saturated heterocycles. The largest absolute Gasteiger partial charge is 0.397 e. The van der Waals surface area contributed by atoms with E-state index in [1.54, 1.807) is 0 Å². The normalized spacial score (nSPS) is 9.86. The molecule has 0 radical (unpaired) electrons. The van der Waals surface area contributed by atoms with Crippen molar-refractivity contribution >= 4 is 9.28 Å². The Morgan fingerprint density at radius 3 is 1.79 bits per heavy atom. The topological polar surface area (TPSA) is 30.5 Å². The zero-order chi connectivity index (χ0) is 11.2. The molecule has 0 rings (SSSR count). The fraction of sp³-hybridized carbons (Fsp3) is 1.00. The molecule has 0 aromatic rings. The SMILES string of the molecule is CCCCNC.CCO[SiH](C)OCC. The van der Waals surface area contributed by atoms with Crippen molar-refractivity contribution in [3.63, 3.8) is 0 Å². The molecule has 0 fully saturated rings. The van der Waals surface area contributed by atoms with Crippen molar-refractivity contribution in [2.45, 2.75) is 40.2 Å². The van der Waals surface area contributed by atoms with Gasteiger partial charge in [-0.25, -0.2) is 0 Å². The molecule has 88 valence electrons. The van der Waals surface area contributed by atoms with Gasteiger partial charge < -0.3 is 14.2 Å². The van der Waals surface area contributed by atoms with Crippen LogP contribution in [0.15, 0.2) is 0 Å². The van der Waals surface area contributed by atoms with Gasteiger partial charge in [0, 0.05) is 13.2 Å². The lowest BCUT2D eigenvalue weighted by Crippen LogP contribution is -2.17. The highest BCUT2D eigenvalue weighted by molar-refractivity contribution is 6.42. The minimum atomic E-state index is -1.20. The van der Waals surface area contributed by atoms with E-state index in [0.717, 1.165) is 19.8 Å². The average Bonchev–Trinajstić information content (AvgIpc) is 2.16. The average molecular weight is 221 g/mol. The molecule has 0 spiro atoms. The van der Waals surface area contributed by atoms with E-state index >= 15 is 0 Å². The van der Waals surface area contributed by atoms with Gasteiger partial charge in [-0.1, -0.05) is 13.3 Å². The molecule has 0 aromatic carbocycles. The lowest BCUT2D eigenvalue weighted by Gasteiger charge is -2.07. The summed E-state index contributed by atoms with van der Waals surface area (Å²) in [4.78, 5) is 0. The molecule has 0 atom stereocenters. The molecule has 4 heteroatoms. The fourth-order valence-electron chi connectivity index (χ4n) is 0.871. The summed E-state index contributed by atoms with van der Waals surface area (Å²) in [5.41, 5.74) is 0. The van der Waals surface area contributed by atoms with Crippen molar-refractivity contribution in [1.29, 1.82) is 0 Å². The predicted octanol–water partition coefficient (Wildman–Crippen LogP) is 1.92. The molecular formula is C10H27NO2Si. The van der Waals surface area contributed by atoms with Crippen LogP contribution < -0.4 is 5.32 Å². The monoisotopic (exact) mass is 221 g/mol. The highest BCUT2D eigenvalue weighted by Gasteiger charge is 1.99. The second-order valence-corrected chi connectivity index (χ2v) is 4.74. The molecule has 1 N–H and O–H groups in total. The maximum Gasteiger partial charge on any atom is 0.318 e. The smallest absolute Gasteiger partial charge is 0.318 e. The summed E-state index contributed by atoms with van der Waals surface area (Å²) in [6.45, 7) is 10.9. The molecule has 0 aliphatic carbocycles. The molecule has 0 saturated carbocycles. The number of hydrogen-bond donors (Lipinski definition) is 1. The van der Waals surface area contributed by atoms with Crippen molar-refractivity contribution in [3.05, 3.63) is 0 Å². The highest BCUT2D eigenvalue weighted by Crippen LogP contribution is 1.85. The maximum absolute atomic E-state index is 5.20. The zero-order valence-corrected chi connectivity index (χ0v) is 11.6. The summed E-state index contributed by atoms with van der Waals surface area (Å²) < 4.78 is 10.4. The fourth-order valence-corrected chi connectivity index (χ4v) is 1.91. The Labute approximate surface area is 91.0 Å². The molecule has 3 nitrogen and oxygen atoms in total. The summed E-state index contributed by atoms with van der Waals surface area (Å²) in [6.07, 6.45) is 2.59. The van der Waals surface area contributed by atoms with Crippen LogP contribution in [-0.4, -0.2) is 36.1 Å². The van der Waals surface area contributed by atoms with Gasteiger partial charge in [0.25, 0.3) is 0 Å². The van der Waals surface area contributed by atoms with Crippen LogP contribution >= 0.6 is 0 Å². The Morgan fingerprint density at radius 1 is 1.07 bits per heavy atom. The first kappa shape index (κ1) is 16.5. The summed E-state index contributed by atoms with van der Waals surface area (Å²) in [6, 6.07) is 0. The Kier molecular flexibility index (Phi) is 18.4. The van der Waals surface area contributed by atoms with Crippen LogP contribution in [0.25, 0.3) is 0 Å². The first-order chi connectivity index (χ1) is 6.72. The van der Waals surface area contributed by atoms with Gasteiger partial charge in [0.1, 0.15) is 0 Å². The Morgan fingerprint density at radius 2 is 1.57 bits per heavy atom. The minimum absolute atomic E-state index is 0.785. The third kappa shape index (κ3) is 18.0. The van der Waals surface area contributed by atoms with Gasteiger partial charge in [-0.3, -0.25) is 0 Å². The van der Waals surface area contributed by atoms with Gasteiger partial charge in [0.2, 0.25) is 0 Å². The van der Waals surface area contributed by atoms with Crippen molar-refractivity contribution in [1.82, 2.24) is 5.32 Å². The Bertz CT molecular complexity index is 84.2. The Hall–Kier alpha value is 0.0969. The molecule has 0 bridgehead atoms. The van der Waals surface area contributed by atoms with E-state index in [1.807, 2.05) is 27.4 Å². The van der Waals surface area contributed by atoms with Crippen LogP contribution in [0.3, 0.4) is 0 Å². The first-order valence-corrected chi connectivity index (χ1v) is 7.70. The Balaban J connectivity index is 0. The number of hydrogen-bond acceptors (Lipinski definition) is 3. The van der Waals surface area contributed by atoms with Gasteiger partial charge in [-0.05, 0) is 40.4 Å². The van der Waals surface area contributed by atoms with Crippen molar-refractivity contribution in [3.8, 4) is 0 Å². The lowest BCUT2D eigenvalue weighted by atomic mass is 10.3. The van der Waals surface area contributed by atoms with Gasteiger partial charge in [-0.15, -0.1) is 0 Å². The summed E-state index contributed by atoms with van der Waals surface area (Å²) in [5.74, 6) is 0. The van der Waals surface area contributed by atoms with Gasteiger partial charge >= 0.3 is 9.28 Å². The number of nitrogens with one attached hydrogen (secondary N) is 1. The van der Waals surface area contributed by atoms with E-state index in [-0.39, 0.29) is 0 Å². The van der Waals surface area contributed by atoms with Crippen LogP contribution in [0.5, 0.6) is 0 Å². The lowest BCUT2D eigenvalue weighted by molar-refractivity contribution is 0.219. The third-order valence-electron chi connectivity index (χ3n) is 1.58. The molecule has 0 aliphatic heterocycles. The van der Waals surface area contributed by atoms with Gasteiger partial charge in [0.15, 0.2) is 0 Å². The van der Waals surface area contributed by atoms with Crippen LogP contribution in [0.1, 0.15) is 33.6 Å². The van der Waals surface area contributed by atoms with E-state index in [4.69, 9.17) is 8.85 Å². The second kappa shape index (κ2) is 15.6. The van der Waals surface area contributed by atoms with Gasteiger partial charge in [-0.2, -0.15) is 0 Å². The summed E-state index contributed by atoms with van der Waals surface area (Å²) in [7, 11) is 0.780. The standard InChI is InChI=1S/C5H13N.C5H14O2Si/c1-3-4-5-6-2;1-4-6-8(3)7-5-2/h6H,3-5H2,1-2H3;8H,4-5H2,1-3H3. The van der Waals surface area contributed by atoms with Crippen LogP contribution in [-0.2, 0) is 8.85 Å². The first-order valence-electron chi connectivity index (χ1n) is 5.60. The number of rotatable bonds is 7.